The van der Waals surface area contributed by atoms with Gasteiger partial charge in [-0.1, -0.05) is 0 Å². The maximum absolute atomic E-state index is 10.0. The van der Waals surface area contributed by atoms with Gasteiger partial charge in [0.05, 0.1) is 12.2 Å². The van der Waals surface area contributed by atoms with E-state index in [2.05, 4.69) is 5.10 Å². The van der Waals surface area contributed by atoms with Crippen LogP contribution in [0.4, 0.5) is 0 Å². The Balaban J connectivity index is 1.62. The van der Waals surface area contributed by atoms with E-state index in [1.54, 1.807) is 6.20 Å². The molecule has 102 valence electrons. The van der Waals surface area contributed by atoms with Crippen molar-refractivity contribution >= 4 is 0 Å². The van der Waals surface area contributed by atoms with Gasteiger partial charge in [-0.3, -0.25) is 4.68 Å². The number of aliphatic hydroxyl groups is 1. The molecule has 1 N–H and O–H groups in total. The SMILES string of the molecule is CCOC1CC(CC(O)CCc2ccnn2C)C1. The number of nitrogens with zero attached hydrogens (tertiary/aromatic N) is 2. The van der Waals surface area contributed by atoms with Crippen LogP contribution in [0.25, 0.3) is 0 Å². The molecular weight excluding hydrogens is 228 g/mol. The Morgan fingerprint density at radius 1 is 1.56 bits per heavy atom. The predicted molar refractivity (Wildman–Crippen MR) is 70.3 cm³/mol. The summed E-state index contributed by atoms with van der Waals surface area (Å²) in [6.45, 7) is 2.84. The summed E-state index contributed by atoms with van der Waals surface area (Å²) in [6.07, 6.45) is 6.96. The van der Waals surface area contributed by atoms with Gasteiger partial charge in [0, 0.05) is 25.5 Å². The number of aromatic nitrogens is 2. The van der Waals surface area contributed by atoms with E-state index >= 15 is 0 Å². The first-order chi connectivity index (χ1) is 8.69. The zero-order valence-corrected chi connectivity index (χ0v) is 11.4. The van der Waals surface area contributed by atoms with Crippen LogP contribution in [0.5, 0.6) is 0 Å². The topological polar surface area (TPSA) is 47.3 Å². The van der Waals surface area contributed by atoms with E-state index in [0.717, 1.165) is 38.7 Å². The van der Waals surface area contributed by atoms with Gasteiger partial charge in [0.15, 0.2) is 0 Å². The fourth-order valence-corrected chi connectivity index (χ4v) is 2.70. The number of ether oxygens (including phenoxy) is 1. The van der Waals surface area contributed by atoms with Gasteiger partial charge in [0.1, 0.15) is 0 Å². The van der Waals surface area contributed by atoms with Gasteiger partial charge in [0.25, 0.3) is 0 Å². The molecule has 1 saturated carbocycles. The minimum atomic E-state index is -0.188. The van der Waals surface area contributed by atoms with Crippen molar-refractivity contribution in [1.82, 2.24) is 9.78 Å². The van der Waals surface area contributed by atoms with Crippen molar-refractivity contribution in [2.24, 2.45) is 13.0 Å². The molecule has 1 heterocycles. The summed E-state index contributed by atoms with van der Waals surface area (Å²) in [5, 5.41) is 14.2. The van der Waals surface area contributed by atoms with Crippen molar-refractivity contribution in [2.45, 2.75) is 51.2 Å². The molecule has 1 aliphatic rings. The molecule has 0 spiro atoms. The zero-order chi connectivity index (χ0) is 13.0. The quantitative estimate of drug-likeness (QED) is 0.806. The van der Waals surface area contributed by atoms with Crippen LogP contribution < -0.4 is 0 Å². The standard InChI is InChI=1S/C14H24N2O2/c1-3-18-14-9-11(10-14)8-13(17)5-4-12-6-7-15-16(12)2/h6-7,11,13-14,17H,3-5,8-10H2,1-2H3. The van der Waals surface area contributed by atoms with Gasteiger partial charge in [-0.2, -0.15) is 5.10 Å². The number of aliphatic hydroxyl groups excluding tert-OH is 1. The summed E-state index contributed by atoms with van der Waals surface area (Å²) < 4.78 is 7.41. The molecule has 1 unspecified atom stereocenters. The summed E-state index contributed by atoms with van der Waals surface area (Å²) >= 11 is 0. The molecule has 1 fully saturated rings. The van der Waals surface area contributed by atoms with Crippen LogP contribution >= 0.6 is 0 Å². The van der Waals surface area contributed by atoms with Gasteiger partial charge in [-0.05, 0) is 51.0 Å². The smallest absolute Gasteiger partial charge is 0.0580 e. The predicted octanol–water partition coefficient (Wildman–Crippen LogP) is 1.92. The largest absolute Gasteiger partial charge is 0.393 e. The minimum absolute atomic E-state index is 0.188. The Morgan fingerprint density at radius 2 is 2.33 bits per heavy atom. The Kier molecular flexibility index (Phi) is 4.78. The molecule has 1 atom stereocenters. The van der Waals surface area contributed by atoms with Crippen molar-refractivity contribution in [3.63, 3.8) is 0 Å². The molecule has 0 aliphatic heterocycles. The van der Waals surface area contributed by atoms with Gasteiger partial charge in [-0.15, -0.1) is 0 Å². The van der Waals surface area contributed by atoms with E-state index in [-0.39, 0.29) is 6.10 Å². The van der Waals surface area contributed by atoms with E-state index in [4.69, 9.17) is 4.74 Å². The summed E-state index contributed by atoms with van der Waals surface area (Å²) in [4.78, 5) is 0. The normalized spacial score (nSPS) is 24.8. The third kappa shape index (κ3) is 3.56. The first kappa shape index (κ1) is 13.6. The molecule has 0 amide bonds. The number of hydrogen-bond donors (Lipinski definition) is 1. The Bertz CT molecular complexity index is 358. The third-order valence-electron chi connectivity index (χ3n) is 3.86. The zero-order valence-electron chi connectivity index (χ0n) is 11.4. The lowest BCUT2D eigenvalue weighted by atomic mass is 9.78. The van der Waals surface area contributed by atoms with Crippen molar-refractivity contribution in [3.05, 3.63) is 18.0 Å². The molecule has 18 heavy (non-hydrogen) atoms. The average Bonchev–Trinajstić information content (AvgIpc) is 2.69. The van der Waals surface area contributed by atoms with E-state index in [1.165, 1.54) is 5.69 Å². The van der Waals surface area contributed by atoms with Crippen molar-refractivity contribution in [1.29, 1.82) is 0 Å². The van der Waals surface area contributed by atoms with Crippen LogP contribution in [0, 0.1) is 5.92 Å². The Morgan fingerprint density at radius 3 is 2.94 bits per heavy atom. The van der Waals surface area contributed by atoms with Gasteiger partial charge < -0.3 is 9.84 Å². The van der Waals surface area contributed by atoms with Crippen LogP contribution in [-0.2, 0) is 18.2 Å². The van der Waals surface area contributed by atoms with Gasteiger partial charge in [-0.25, -0.2) is 0 Å². The molecule has 1 aliphatic carbocycles. The lowest BCUT2D eigenvalue weighted by molar-refractivity contribution is -0.0382. The summed E-state index contributed by atoms with van der Waals surface area (Å²) in [5.41, 5.74) is 1.19. The molecular formula is C14H24N2O2. The van der Waals surface area contributed by atoms with Crippen LogP contribution in [-0.4, -0.2) is 33.7 Å². The van der Waals surface area contributed by atoms with E-state index < -0.39 is 0 Å². The molecule has 0 aromatic carbocycles. The van der Waals surface area contributed by atoms with Crippen LogP contribution in [0.1, 0.15) is 38.3 Å². The van der Waals surface area contributed by atoms with E-state index in [9.17, 15) is 5.11 Å². The molecule has 2 rings (SSSR count). The van der Waals surface area contributed by atoms with E-state index in [1.807, 2.05) is 24.7 Å². The number of aryl methyl sites for hydroxylation is 2. The molecule has 0 saturated heterocycles. The summed E-state index contributed by atoms with van der Waals surface area (Å²) in [5.74, 6) is 0.656. The van der Waals surface area contributed by atoms with Gasteiger partial charge in [0.2, 0.25) is 0 Å². The van der Waals surface area contributed by atoms with Crippen LogP contribution in [0.3, 0.4) is 0 Å². The number of hydrogen-bond acceptors (Lipinski definition) is 3. The molecule has 4 heteroatoms. The van der Waals surface area contributed by atoms with Crippen molar-refractivity contribution in [2.75, 3.05) is 6.61 Å². The summed E-state index contributed by atoms with van der Waals surface area (Å²) in [7, 11) is 1.94. The monoisotopic (exact) mass is 252 g/mol. The highest BCUT2D eigenvalue weighted by Crippen LogP contribution is 2.34. The Hall–Kier alpha value is -0.870. The maximum Gasteiger partial charge on any atom is 0.0580 e. The third-order valence-corrected chi connectivity index (χ3v) is 3.86. The fourth-order valence-electron chi connectivity index (χ4n) is 2.70. The molecule has 0 radical (unpaired) electrons. The number of rotatable bonds is 7. The molecule has 1 aromatic heterocycles. The van der Waals surface area contributed by atoms with Crippen molar-refractivity contribution < 1.29 is 9.84 Å². The maximum atomic E-state index is 10.0. The second kappa shape index (κ2) is 6.34. The Labute approximate surface area is 109 Å². The first-order valence-corrected chi connectivity index (χ1v) is 6.95. The van der Waals surface area contributed by atoms with Crippen molar-refractivity contribution in [3.8, 4) is 0 Å². The second-order valence-corrected chi connectivity index (χ2v) is 5.29. The molecule has 1 aromatic rings. The van der Waals surface area contributed by atoms with Crippen LogP contribution in [0.2, 0.25) is 0 Å². The van der Waals surface area contributed by atoms with Gasteiger partial charge >= 0.3 is 0 Å². The lowest BCUT2D eigenvalue weighted by Gasteiger charge is -2.36. The molecule has 4 nitrogen and oxygen atoms in total. The highest BCUT2D eigenvalue weighted by atomic mass is 16.5. The molecule has 0 bridgehead atoms. The minimum Gasteiger partial charge on any atom is -0.393 e. The lowest BCUT2D eigenvalue weighted by Crippen LogP contribution is -2.33. The highest BCUT2D eigenvalue weighted by molar-refractivity contribution is 5.00. The fraction of sp³-hybridized carbons (Fsp3) is 0.786. The summed E-state index contributed by atoms with van der Waals surface area (Å²) in [6, 6.07) is 2.02. The average molecular weight is 252 g/mol. The first-order valence-electron chi connectivity index (χ1n) is 6.95. The highest BCUT2D eigenvalue weighted by Gasteiger charge is 2.30. The van der Waals surface area contributed by atoms with E-state index in [0.29, 0.717) is 12.0 Å². The second-order valence-electron chi connectivity index (χ2n) is 5.29. The van der Waals surface area contributed by atoms with Crippen LogP contribution in [0.15, 0.2) is 12.3 Å².